The van der Waals surface area contributed by atoms with Crippen molar-refractivity contribution >= 4 is 5.69 Å². The van der Waals surface area contributed by atoms with Crippen LogP contribution in [0, 0.1) is 0 Å². The Labute approximate surface area is 85.0 Å². The minimum Gasteiger partial charge on any atom is -0.391 e. The number of nitrogens with one attached hydrogen (secondary N) is 1. The molecule has 0 amide bonds. The lowest BCUT2D eigenvalue weighted by atomic mass is 9.92. The molecule has 14 heavy (non-hydrogen) atoms. The van der Waals surface area contributed by atoms with E-state index in [-0.39, 0.29) is 12.1 Å². The molecule has 1 saturated carbocycles. The topological polar surface area (TPSA) is 32.3 Å². The van der Waals surface area contributed by atoms with Crippen molar-refractivity contribution in [3.05, 3.63) is 30.3 Å². The van der Waals surface area contributed by atoms with Crippen LogP contribution in [-0.2, 0) is 0 Å². The molecule has 2 nitrogen and oxygen atoms in total. The number of anilines is 1. The number of aliphatic hydroxyl groups excluding tert-OH is 1. The van der Waals surface area contributed by atoms with Crippen molar-refractivity contribution < 1.29 is 5.11 Å². The van der Waals surface area contributed by atoms with Gasteiger partial charge in [-0.25, -0.2) is 0 Å². The maximum Gasteiger partial charge on any atom is 0.0741 e. The standard InChI is InChI=1S/C12H17NO/c14-12-9-5-4-8-11(12)13-10-6-2-1-3-7-10/h1-3,6-7,11-14H,4-5,8-9H2/t11?,12-/m0/s1. The van der Waals surface area contributed by atoms with Crippen molar-refractivity contribution in [2.24, 2.45) is 0 Å². The Morgan fingerprint density at radius 2 is 1.79 bits per heavy atom. The Morgan fingerprint density at radius 3 is 2.50 bits per heavy atom. The highest BCUT2D eigenvalue weighted by Gasteiger charge is 2.22. The van der Waals surface area contributed by atoms with Crippen molar-refractivity contribution in [3.8, 4) is 0 Å². The van der Waals surface area contributed by atoms with Crippen LogP contribution in [-0.4, -0.2) is 17.3 Å². The molecule has 1 fully saturated rings. The maximum atomic E-state index is 9.77. The first-order valence-corrected chi connectivity index (χ1v) is 5.36. The molecule has 0 bridgehead atoms. The molecule has 1 unspecified atom stereocenters. The van der Waals surface area contributed by atoms with Crippen LogP contribution >= 0.6 is 0 Å². The molecule has 2 heteroatoms. The van der Waals surface area contributed by atoms with Gasteiger partial charge >= 0.3 is 0 Å². The molecule has 1 aliphatic carbocycles. The molecule has 2 N–H and O–H groups in total. The molecule has 0 aliphatic heterocycles. The van der Waals surface area contributed by atoms with E-state index in [1.165, 1.54) is 6.42 Å². The van der Waals surface area contributed by atoms with E-state index in [0.29, 0.717) is 0 Å². The van der Waals surface area contributed by atoms with Crippen LogP contribution in [0.25, 0.3) is 0 Å². The zero-order valence-corrected chi connectivity index (χ0v) is 8.32. The van der Waals surface area contributed by atoms with Gasteiger partial charge in [-0.1, -0.05) is 31.0 Å². The molecule has 1 aliphatic rings. The van der Waals surface area contributed by atoms with Gasteiger partial charge in [-0.15, -0.1) is 0 Å². The molecule has 0 aromatic heterocycles. The third kappa shape index (κ3) is 2.26. The fraction of sp³-hybridized carbons (Fsp3) is 0.500. The second-order valence-corrected chi connectivity index (χ2v) is 3.97. The largest absolute Gasteiger partial charge is 0.391 e. The summed E-state index contributed by atoms with van der Waals surface area (Å²) in [5, 5.41) is 13.1. The van der Waals surface area contributed by atoms with E-state index in [4.69, 9.17) is 0 Å². The quantitative estimate of drug-likeness (QED) is 0.752. The molecule has 1 aromatic rings. The summed E-state index contributed by atoms with van der Waals surface area (Å²) in [4.78, 5) is 0. The van der Waals surface area contributed by atoms with Crippen LogP contribution in [0.5, 0.6) is 0 Å². The van der Waals surface area contributed by atoms with Crippen molar-refractivity contribution in [2.45, 2.75) is 37.8 Å². The van der Waals surface area contributed by atoms with E-state index in [1.54, 1.807) is 0 Å². The van der Waals surface area contributed by atoms with Gasteiger partial charge in [0.1, 0.15) is 0 Å². The van der Waals surface area contributed by atoms with Gasteiger partial charge in [-0.3, -0.25) is 0 Å². The predicted octanol–water partition coefficient (Wildman–Crippen LogP) is 2.40. The first-order chi connectivity index (χ1) is 6.86. The lowest BCUT2D eigenvalue weighted by molar-refractivity contribution is 0.116. The summed E-state index contributed by atoms with van der Waals surface area (Å²) in [6, 6.07) is 10.4. The molecular weight excluding hydrogens is 174 g/mol. The van der Waals surface area contributed by atoms with Crippen LogP contribution in [0.15, 0.2) is 30.3 Å². The Hall–Kier alpha value is -1.02. The number of hydrogen-bond donors (Lipinski definition) is 2. The molecule has 2 atom stereocenters. The molecule has 1 aromatic carbocycles. The van der Waals surface area contributed by atoms with Crippen LogP contribution in [0.4, 0.5) is 5.69 Å². The lowest BCUT2D eigenvalue weighted by Gasteiger charge is -2.29. The number of rotatable bonds is 2. The number of aliphatic hydroxyl groups is 1. The first kappa shape index (κ1) is 9.53. The lowest BCUT2D eigenvalue weighted by Crippen LogP contribution is -2.36. The van der Waals surface area contributed by atoms with Crippen LogP contribution in [0.2, 0.25) is 0 Å². The van der Waals surface area contributed by atoms with Crippen LogP contribution < -0.4 is 5.32 Å². The van der Waals surface area contributed by atoms with Gasteiger partial charge in [0, 0.05) is 5.69 Å². The molecule has 0 saturated heterocycles. The molecule has 0 spiro atoms. The first-order valence-electron chi connectivity index (χ1n) is 5.36. The van der Waals surface area contributed by atoms with Gasteiger partial charge in [0.25, 0.3) is 0 Å². The molecule has 0 radical (unpaired) electrons. The Morgan fingerprint density at radius 1 is 1.07 bits per heavy atom. The molecule has 2 rings (SSSR count). The smallest absolute Gasteiger partial charge is 0.0741 e. The summed E-state index contributed by atoms with van der Waals surface area (Å²) >= 11 is 0. The third-order valence-electron chi connectivity index (χ3n) is 2.86. The van der Waals surface area contributed by atoms with E-state index >= 15 is 0 Å². The average molecular weight is 191 g/mol. The van der Waals surface area contributed by atoms with E-state index in [1.807, 2.05) is 30.3 Å². The van der Waals surface area contributed by atoms with Gasteiger partial charge in [-0.05, 0) is 25.0 Å². The number of hydrogen-bond acceptors (Lipinski definition) is 2. The monoisotopic (exact) mass is 191 g/mol. The normalized spacial score (nSPS) is 27.2. The van der Waals surface area contributed by atoms with E-state index in [0.717, 1.165) is 24.9 Å². The number of para-hydroxylation sites is 1. The number of benzene rings is 1. The molecular formula is C12H17NO. The maximum absolute atomic E-state index is 9.77. The summed E-state index contributed by atoms with van der Waals surface area (Å²) in [5.41, 5.74) is 1.11. The highest BCUT2D eigenvalue weighted by molar-refractivity contribution is 5.43. The highest BCUT2D eigenvalue weighted by Crippen LogP contribution is 2.21. The predicted molar refractivity (Wildman–Crippen MR) is 58.3 cm³/mol. The molecule has 76 valence electrons. The summed E-state index contributed by atoms with van der Waals surface area (Å²) in [6.45, 7) is 0. The van der Waals surface area contributed by atoms with Crippen molar-refractivity contribution in [3.63, 3.8) is 0 Å². The van der Waals surface area contributed by atoms with Gasteiger partial charge in [0.05, 0.1) is 12.1 Å². The minimum absolute atomic E-state index is 0.177. The van der Waals surface area contributed by atoms with Crippen LogP contribution in [0.3, 0.4) is 0 Å². The SMILES string of the molecule is O[C@H]1CCCCC1Nc1ccccc1. The minimum atomic E-state index is -0.177. The summed E-state index contributed by atoms with van der Waals surface area (Å²) in [7, 11) is 0. The van der Waals surface area contributed by atoms with Crippen molar-refractivity contribution in [2.75, 3.05) is 5.32 Å². The second kappa shape index (κ2) is 4.47. The second-order valence-electron chi connectivity index (χ2n) is 3.97. The van der Waals surface area contributed by atoms with E-state index in [9.17, 15) is 5.11 Å². The third-order valence-corrected chi connectivity index (χ3v) is 2.86. The zero-order chi connectivity index (χ0) is 9.80. The van der Waals surface area contributed by atoms with Crippen molar-refractivity contribution in [1.82, 2.24) is 0 Å². The average Bonchev–Trinajstić information content (AvgIpc) is 2.23. The van der Waals surface area contributed by atoms with E-state index in [2.05, 4.69) is 5.32 Å². The summed E-state index contributed by atoms with van der Waals surface area (Å²) < 4.78 is 0. The zero-order valence-electron chi connectivity index (χ0n) is 8.32. The van der Waals surface area contributed by atoms with Gasteiger partial charge in [0.2, 0.25) is 0 Å². The fourth-order valence-corrected chi connectivity index (χ4v) is 2.03. The van der Waals surface area contributed by atoms with Gasteiger partial charge < -0.3 is 10.4 Å². The Kier molecular flexibility index (Phi) is 3.04. The Balaban J connectivity index is 1.96. The molecule has 0 heterocycles. The van der Waals surface area contributed by atoms with Gasteiger partial charge in [-0.2, -0.15) is 0 Å². The van der Waals surface area contributed by atoms with Crippen LogP contribution in [0.1, 0.15) is 25.7 Å². The summed E-state index contributed by atoms with van der Waals surface area (Å²) in [6.07, 6.45) is 4.22. The summed E-state index contributed by atoms with van der Waals surface area (Å²) in [5.74, 6) is 0. The van der Waals surface area contributed by atoms with E-state index < -0.39 is 0 Å². The van der Waals surface area contributed by atoms with Gasteiger partial charge in [0.15, 0.2) is 0 Å². The van der Waals surface area contributed by atoms with Crippen molar-refractivity contribution in [1.29, 1.82) is 0 Å². The fourth-order valence-electron chi connectivity index (χ4n) is 2.03. The highest BCUT2D eigenvalue weighted by atomic mass is 16.3. The Bertz CT molecular complexity index is 273.